The maximum atomic E-state index is 12.1. The number of aromatic nitrogens is 1. The van der Waals surface area contributed by atoms with Crippen LogP contribution in [0.15, 0.2) is 12.3 Å². The minimum atomic E-state index is -0.302. The molecule has 3 rings (SSSR count). The summed E-state index contributed by atoms with van der Waals surface area (Å²) >= 11 is 0. The molecule has 1 saturated heterocycles. The molecule has 2 aliphatic rings. The Morgan fingerprint density at radius 3 is 2.50 bits per heavy atom. The molecule has 1 saturated carbocycles. The number of nitrogens with zero attached hydrogens (tertiary/aromatic N) is 2. The van der Waals surface area contributed by atoms with Gasteiger partial charge in [0.15, 0.2) is 0 Å². The Morgan fingerprint density at radius 2 is 1.83 bits per heavy atom. The predicted molar refractivity (Wildman–Crippen MR) is 95.6 cm³/mol. The number of carbonyl (C=O) groups is 1. The van der Waals surface area contributed by atoms with Crippen LogP contribution in [-0.2, 0) is 4.74 Å². The van der Waals surface area contributed by atoms with Crippen molar-refractivity contribution in [1.29, 1.82) is 0 Å². The van der Waals surface area contributed by atoms with Gasteiger partial charge < -0.3 is 15.0 Å². The van der Waals surface area contributed by atoms with Crippen LogP contribution in [0.2, 0.25) is 0 Å². The SMILES string of the molecule is COC(=O)c1cc(C)cnc1N1CCC(NC2CCCCC2)CC1. The van der Waals surface area contributed by atoms with Crippen LogP contribution >= 0.6 is 0 Å². The molecule has 0 radical (unpaired) electrons. The molecule has 1 aromatic heterocycles. The molecule has 5 heteroatoms. The standard InChI is InChI=1S/C19H29N3O2/c1-14-12-17(19(23)24-2)18(20-13-14)22-10-8-16(9-11-22)21-15-6-4-3-5-7-15/h12-13,15-16,21H,3-11H2,1-2H3. The molecule has 1 N–H and O–H groups in total. The van der Waals surface area contributed by atoms with Crippen LogP contribution in [0.1, 0.15) is 60.9 Å². The van der Waals surface area contributed by atoms with Crippen LogP contribution in [0, 0.1) is 6.92 Å². The van der Waals surface area contributed by atoms with Gasteiger partial charge in [0.1, 0.15) is 11.4 Å². The second-order valence-corrected chi connectivity index (χ2v) is 7.14. The van der Waals surface area contributed by atoms with E-state index in [1.165, 1.54) is 39.2 Å². The first kappa shape index (κ1) is 17.2. The van der Waals surface area contributed by atoms with E-state index in [-0.39, 0.29) is 5.97 Å². The van der Waals surface area contributed by atoms with E-state index < -0.39 is 0 Å². The van der Waals surface area contributed by atoms with E-state index in [0.717, 1.165) is 37.3 Å². The lowest BCUT2D eigenvalue weighted by molar-refractivity contribution is 0.0601. The summed E-state index contributed by atoms with van der Waals surface area (Å²) in [4.78, 5) is 18.8. The van der Waals surface area contributed by atoms with Crippen molar-refractivity contribution in [2.24, 2.45) is 0 Å². The van der Waals surface area contributed by atoms with Crippen LogP contribution in [0.3, 0.4) is 0 Å². The Bertz CT molecular complexity index is 562. The first-order valence-corrected chi connectivity index (χ1v) is 9.23. The van der Waals surface area contributed by atoms with Gasteiger partial charge in [0.05, 0.1) is 7.11 Å². The van der Waals surface area contributed by atoms with E-state index in [9.17, 15) is 4.79 Å². The Balaban J connectivity index is 1.61. The number of nitrogens with one attached hydrogen (secondary N) is 1. The molecule has 5 nitrogen and oxygen atoms in total. The zero-order valence-corrected chi connectivity index (χ0v) is 14.9. The summed E-state index contributed by atoms with van der Waals surface area (Å²) in [7, 11) is 1.43. The Morgan fingerprint density at radius 1 is 1.17 bits per heavy atom. The molecule has 0 atom stereocenters. The van der Waals surface area contributed by atoms with Crippen molar-refractivity contribution in [2.45, 2.75) is 64.0 Å². The summed E-state index contributed by atoms with van der Waals surface area (Å²) in [6.45, 7) is 3.82. The second-order valence-electron chi connectivity index (χ2n) is 7.14. The molecule has 0 unspecified atom stereocenters. The monoisotopic (exact) mass is 331 g/mol. The van der Waals surface area contributed by atoms with Gasteiger partial charge in [-0.2, -0.15) is 0 Å². The van der Waals surface area contributed by atoms with Crippen LogP contribution in [-0.4, -0.2) is 43.2 Å². The molecular formula is C19H29N3O2. The van der Waals surface area contributed by atoms with Gasteiger partial charge >= 0.3 is 5.97 Å². The van der Waals surface area contributed by atoms with Gasteiger partial charge in [-0.25, -0.2) is 9.78 Å². The number of piperidine rings is 1. The molecule has 132 valence electrons. The normalized spacial score (nSPS) is 20.2. The van der Waals surface area contributed by atoms with Gasteiger partial charge in [0, 0.05) is 31.4 Å². The molecule has 1 aliphatic heterocycles. The second kappa shape index (κ2) is 7.97. The zero-order valence-electron chi connectivity index (χ0n) is 14.9. The number of carbonyl (C=O) groups excluding carboxylic acids is 1. The maximum absolute atomic E-state index is 12.1. The van der Waals surface area contributed by atoms with Gasteiger partial charge in [0.25, 0.3) is 0 Å². The van der Waals surface area contributed by atoms with E-state index in [1.807, 2.05) is 19.2 Å². The number of anilines is 1. The largest absolute Gasteiger partial charge is 0.465 e. The highest BCUT2D eigenvalue weighted by Crippen LogP contribution is 2.25. The highest BCUT2D eigenvalue weighted by Gasteiger charge is 2.26. The van der Waals surface area contributed by atoms with E-state index in [1.54, 1.807) is 0 Å². The lowest BCUT2D eigenvalue weighted by atomic mass is 9.93. The maximum Gasteiger partial charge on any atom is 0.341 e. The minimum Gasteiger partial charge on any atom is -0.465 e. The van der Waals surface area contributed by atoms with Gasteiger partial charge in [0.2, 0.25) is 0 Å². The molecule has 0 bridgehead atoms. The average molecular weight is 331 g/mol. The van der Waals surface area contributed by atoms with Crippen molar-refractivity contribution in [3.8, 4) is 0 Å². The first-order chi connectivity index (χ1) is 11.7. The number of hydrogen-bond donors (Lipinski definition) is 1. The van der Waals surface area contributed by atoms with E-state index in [4.69, 9.17) is 4.74 Å². The Hall–Kier alpha value is -1.62. The van der Waals surface area contributed by atoms with Crippen molar-refractivity contribution in [3.63, 3.8) is 0 Å². The number of hydrogen-bond acceptors (Lipinski definition) is 5. The molecule has 0 aromatic carbocycles. The van der Waals surface area contributed by atoms with E-state index >= 15 is 0 Å². The van der Waals surface area contributed by atoms with Crippen LogP contribution < -0.4 is 10.2 Å². The summed E-state index contributed by atoms with van der Waals surface area (Å²) in [6.07, 6.45) is 10.8. The summed E-state index contributed by atoms with van der Waals surface area (Å²) in [5.74, 6) is 0.465. The summed E-state index contributed by atoms with van der Waals surface area (Å²) < 4.78 is 4.93. The summed E-state index contributed by atoms with van der Waals surface area (Å²) in [6, 6.07) is 3.18. The van der Waals surface area contributed by atoms with Crippen molar-refractivity contribution in [1.82, 2.24) is 10.3 Å². The molecule has 24 heavy (non-hydrogen) atoms. The number of methoxy groups -OCH3 is 1. The number of rotatable bonds is 4. The lowest BCUT2D eigenvalue weighted by Crippen LogP contribution is -2.47. The smallest absolute Gasteiger partial charge is 0.341 e. The predicted octanol–water partition coefficient (Wildman–Crippen LogP) is 3.07. The van der Waals surface area contributed by atoms with Gasteiger partial charge in [-0.1, -0.05) is 19.3 Å². The highest BCUT2D eigenvalue weighted by molar-refractivity contribution is 5.95. The molecule has 1 aromatic rings. The van der Waals surface area contributed by atoms with Crippen molar-refractivity contribution in [2.75, 3.05) is 25.1 Å². The van der Waals surface area contributed by atoms with E-state index in [0.29, 0.717) is 17.6 Å². The summed E-state index contributed by atoms with van der Waals surface area (Å²) in [5.41, 5.74) is 1.56. The van der Waals surface area contributed by atoms with E-state index in [2.05, 4.69) is 15.2 Å². The van der Waals surface area contributed by atoms with Crippen LogP contribution in [0.4, 0.5) is 5.82 Å². The van der Waals surface area contributed by atoms with Gasteiger partial charge in [-0.05, 0) is 44.2 Å². The fourth-order valence-corrected chi connectivity index (χ4v) is 3.93. The third kappa shape index (κ3) is 4.07. The highest BCUT2D eigenvalue weighted by atomic mass is 16.5. The zero-order chi connectivity index (χ0) is 16.9. The third-order valence-corrected chi connectivity index (χ3v) is 5.28. The summed E-state index contributed by atoms with van der Waals surface area (Å²) in [5, 5.41) is 3.85. The third-order valence-electron chi connectivity index (χ3n) is 5.28. The Labute approximate surface area is 144 Å². The van der Waals surface area contributed by atoms with Crippen LogP contribution in [0.5, 0.6) is 0 Å². The quantitative estimate of drug-likeness (QED) is 0.859. The lowest BCUT2D eigenvalue weighted by Gasteiger charge is -2.36. The fraction of sp³-hybridized carbons (Fsp3) is 0.684. The topological polar surface area (TPSA) is 54.5 Å². The first-order valence-electron chi connectivity index (χ1n) is 9.23. The molecule has 0 amide bonds. The molecule has 1 aliphatic carbocycles. The van der Waals surface area contributed by atoms with Gasteiger partial charge in [-0.3, -0.25) is 0 Å². The van der Waals surface area contributed by atoms with Crippen molar-refractivity contribution < 1.29 is 9.53 Å². The van der Waals surface area contributed by atoms with Gasteiger partial charge in [-0.15, -0.1) is 0 Å². The number of esters is 1. The fourth-order valence-electron chi connectivity index (χ4n) is 3.93. The molecule has 0 spiro atoms. The van der Waals surface area contributed by atoms with Crippen molar-refractivity contribution in [3.05, 3.63) is 23.4 Å². The van der Waals surface area contributed by atoms with Crippen LogP contribution in [0.25, 0.3) is 0 Å². The molecule has 2 fully saturated rings. The Kier molecular flexibility index (Phi) is 5.72. The number of pyridine rings is 1. The number of ether oxygens (including phenoxy) is 1. The number of aryl methyl sites for hydroxylation is 1. The van der Waals surface area contributed by atoms with Crippen molar-refractivity contribution >= 4 is 11.8 Å². The minimum absolute atomic E-state index is 0.302. The molecular weight excluding hydrogens is 302 g/mol. The average Bonchev–Trinajstić information content (AvgIpc) is 2.62. The molecule has 2 heterocycles.